The summed E-state index contributed by atoms with van der Waals surface area (Å²) >= 11 is 0. The van der Waals surface area contributed by atoms with Crippen LogP contribution in [0.2, 0.25) is 0 Å². The highest BCUT2D eigenvalue weighted by Crippen LogP contribution is 2.27. The lowest BCUT2D eigenvalue weighted by atomic mass is 10.1. The van der Waals surface area contributed by atoms with Gasteiger partial charge in [0.25, 0.3) is 0 Å². The molecule has 0 bridgehead atoms. The van der Waals surface area contributed by atoms with E-state index in [2.05, 4.69) is 51.0 Å². The van der Waals surface area contributed by atoms with Gasteiger partial charge in [0.1, 0.15) is 11.6 Å². The molecule has 0 saturated carbocycles. The van der Waals surface area contributed by atoms with Crippen molar-refractivity contribution in [1.29, 1.82) is 0 Å². The van der Waals surface area contributed by atoms with Gasteiger partial charge in [-0.15, -0.1) is 0 Å². The van der Waals surface area contributed by atoms with E-state index in [1.807, 2.05) is 30.5 Å². The van der Waals surface area contributed by atoms with E-state index in [0.717, 1.165) is 69.6 Å². The second-order valence-corrected chi connectivity index (χ2v) is 8.03. The van der Waals surface area contributed by atoms with Crippen LogP contribution in [0.15, 0.2) is 53.7 Å². The molecule has 0 radical (unpaired) electrons. The van der Waals surface area contributed by atoms with E-state index in [1.165, 1.54) is 18.4 Å². The summed E-state index contributed by atoms with van der Waals surface area (Å²) in [5.41, 5.74) is 1.27. The predicted octanol–water partition coefficient (Wildman–Crippen LogP) is 3.67. The minimum Gasteiger partial charge on any atom is -0.497 e. The number of ether oxygens (including phenoxy) is 1. The molecule has 1 unspecified atom stereocenters. The number of unbranched alkanes of at least 4 members (excludes halogenated alkanes) is 1. The Bertz CT molecular complexity index is 807. The summed E-state index contributed by atoms with van der Waals surface area (Å²) in [5.74, 6) is 2.72. The summed E-state index contributed by atoms with van der Waals surface area (Å²) < 4.78 is 5.46. The molecule has 3 N–H and O–H groups in total. The first-order valence-corrected chi connectivity index (χ1v) is 11.8. The highest BCUT2D eigenvalue weighted by atomic mass is 16.5. The number of nitrogens with one attached hydrogen (secondary N) is 3. The number of benzene rings is 1. The Morgan fingerprint density at radius 2 is 1.94 bits per heavy atom. The van der Waals surface area contributed by atoms with Gasteiger partial charge in [0.2, 0.25) is 0 Å². The highest BCUT2D eigenvalue weighted by Gasteiger charge is 2.23. The normalized spacial score (nSPS) is 15.4. The number of nitrogens with zero attached hydrogens (tertiary/aromatic N) is 3. The SMILES string of the molecule is CCNC(=NCC(c1cccc(OC)c1)N1CCCC1)NCCCCNc1ccccn1. The Balaban J connectivity index is 1.51. The Labute approximate surface area is 192 Å². The van der Waals surface area contributed by atoms with Crippen molar-refractivity contribution in [2.24, 2.45) is 4.99 Å². The third-order valence-electron chi connectivity index (χ3n) is 5.69. The maximum Gasteiger partial charge on any atom is 0.191 e. The number of anilines is 1. The first-order valence-electron chi connectivity index (χ1n) is 11.8. The monoisotopic (exact) mass is 438 g/mol. The van der Waals surface area contributed by atoms with E-state index in [-0.39, 0.29) is 6.04 Å². The van der Waals surface area contributed by atoms with Crippen LogP contribution in [0.25, 0.3) is 0 Å². The van der Waals surface area contributed by atoms with Gasteiger partial charge >= 0.3 is 0 Å². The van der Waals surface area contributed by atoms with Crippen molar-refractivity contribution in [1.82, 2.24) is 20.5 Å². The van der Waals surface area contributed by atoms with Crippen LogP contribution in [-0.4, -0.2) is 62.2 Å². The maximum absolute atomic E-state index is 5.46. The van der Waals surface area contributed by atoms with Crippen molar-refractivity contribution in [3.05, 3.63) is 54.2 Å². The third-order valence-corrected chi connectivity index (χ3v) is 5.69. The smallest absolute Gasteiger partial charge is 0.191 e. The molecule has 7 heteroatoms. The maximum atomic E-state index is 5.46. The van der Waals surface area contributed by atoms with Gasteiger partial charge in [-0.2, -0.15) is 0 Å². The molecule has 174 valence electrons. The fourth-order valence-electron chi connectivity index (χ4n) is 3.99. The number of hydrogen-bond donors (Lipinski definition) is 3. The minimum absolute atomic E-state index is 0.269. The molecule has 1 saturated heterocycles. The number of rotatable bonds is 12. The van der Waals surface area contributed by atoms with Crippen molar-refractivity contribution in [3.63, 3.8) is 0 Å². The standard InChI is InChI=1S/C25H38N6O/c1-3-26-25(29-16-7-6-15-28-24-13-4-5-14-27-24)30-20-23(31-17-8-9-18-31)21-11-10-12-22(19-21)32-2/h4-5,10-14,19,23H,3,6-9,15-18,20H2,1-2H3,(H,27,28)(H2,26,29,30). The molecule has 2 heterocycles. The molecular weight excluding hydrogens is 400 g/mol. The van der Waals surface area contributed by atoms with E-state index >= 15 is 0 Å². The summed E-state index contributed by atoms with van der Waals surface area (Å²) in [6.07, 6.45) is 6.47. The van der Waals surface area contributed by atoms with Gasteiger partial charge in [0, 0.05) is 25.8 Å². The summed E-state index contributed by atoms with van der Waals surface area (Å²) in [4.78, 5) is 11.8. The lowest BCUT2D eigenvalue weighted by molar-refractivity contribution is 0.251. The third kappa shape index (κ3) is 7.71. The Hall–Kier alpha value is -2.80. The average Bonchev–Trinajstić information content (AvgIpc) is 3.37. The molecule has 1 aliphatic heterocycles. The number of aliphatic imine (C=N–C) groups is 1. The second kappa shape index (κ2) is 13.6. The molecule has 0 spiro atoms. The van der Waals surface area contributed by atoms with E-state index in [4.69, 9.17) is 9.73 Å². The molecular formula is C25H38N6O. The average molecular weight is 439 g/mol. The van der Waals surface area contributed by atoms with Gasteiger partial charge in [-0.05, 0) is 75.5 Å². The quantitative estimate of drug-likeness (QED) is 0.267. The summed E-state index contributed by atoms with van der Waals surface area (Å²) in [6, 6.07) is 14.6. The lowest BCUT2D eigenvalue weighted by Crippen LogP contribution is -2.39. The van der Waals surface area contributed by atoms with Crippen LogP contribution in [-0.2, 0) is 0 Å². The zero-order valence-corrected chi connectivity index (χ0v) is 19.5. The van der Waals surface area contributed by atoms with Gasteiger partial charge in [0.05, 0.1) is 19.7 Å². The molecule has 1 aromatic carbocycles. The van der Waals surface area contributed by atoms with Gasteiger partial charge in [-0.25, -0.2) is 4.98 Å². The van der Waals surface area contributed by atoms with E-state index in [0.29, 0.717) is 0 Å². The topological polar surface area (TPSA) is 73.8 Å². The van der Waals surface area contributed by atoms with E-state index in [9.17, 15) is 0 Å². The fourth-order valence-corrected chi connectivity index (χ4v) is 3.99. The van der Waals surface area contributed by atoms with Crippen molar-refractivity contribution in [3.8, 4) is 5.75 Å². The Morgan fingerprint density at radius 3 is 2.69 bits per heavy atom. The van der Waals surface area contributed by atoms with Gasteiger partial charge in [0.15, 0.2) is 5.96 Å². The number of aromatic nitrogens is 1. The van der Waals surface area contributed by atoms with Gasteiger partial charge < -0.3 is 20.7 Å². The van der Waals surface area contributed by atoms with Crippen LogP contribution in [0.1, 0.15) is 44.2 Å². The Morgan fingerprint density at radius 1 is 1.09 bits per heavy atom. The van der Waals surface area contributed by atoms with Crippen molar-refractivity contribution in [2.75, 3.05) is 51.7 Å². The summed E-state index contributed by atoms with van der Waals surface area (Å²) in [5, 5.41) is 10.2. The molecule has 0 amide bonds. The first kappa shape index (κ1) is 23.9. The van der Waals surface area contributed by atoms with Crippen LogP contribution < -0.4 is 20.7 Å². The number of likely N-dealkylation sites (tertiary alicyclic amines) is 1. The summed E-state index contributed by atoms with van der Waals surface area (Å²) in [6.45, 7) is 7.75. The number of hydrogen-bond acceptors (Lipinski definition) is 5. The molecule has 32 heavy (non-hydrogen) atoms. The number of pyridine rings is 1. The molecule has 0 aliphatic carbocycles. The van der Waals surface area contributed by atoms with Crippen LogP contribution in [0.3, 0.4) is 0 Å². The zero-order chi connectivity index (χ0) is 22.4. The number of guanidine groups is 1. The first-order chi connectivity index (χ1) is 15.8. The minimum atomic E-state index is 0.269. The molecule has 1 fully saturated rings. The largest absolute Gasteiger partial charge is 0.497 e. The molecule has 1 aromatic heterocycles. The van der Waals surface area contributed by atoms with Crippen molar-refractivity contribution in [2.45, 2.75) is 38.6 Å². The van der Waals surface area contributed by atoms with Crippen LogP contribution in [0.5, 0.6) is 5.75 Å². The van der Waals surface area contributed by atoms with Crippen molar-refractivity contribution < 1.29 is 4.74 Å². The van der Waals surface area contributed by atoms with Crippen molar-refractivity contribution >= 4 is 11.8 Å². The van der Waals surface area contributed by atoms with Crippen LogP contribution >= 0.6 is 0 Å². The predicted molar refractivity (Wildman–Crippen MR) is 132 cm³/mol. The highest BCUT2D eigenvalue weighted by molar-refractivity contribution is 5.79. The lowest BCUT2D eigenvalue weighted by Gasteiger charge is -2.27. The molecule has 1 aliphatic rings. The number of methoxy groups -OCH3 is 1. The molecule has 3 rings (SSSR count). The molecule has 7 nitrogen and oxygen atoms in total. The van der Waals surface area contributed by atoms with Gasteiger partial charge in [-0.1, -0.05) is 18.2 Å². The molecule has 2 aromatic rings. The van der Waals surface area contributed by atoms with E-state index < -0.39 is 0 Å². The second-order valence-electron chi connectivity index (χ2n) is 8.03. The van der Waals surface area contributed by atoms with Crippen LogP contribution in [0, 0.1) is 0 Å². The zero-order valence-electron chi connectivity index (χ0n) is 19.5. The van der Waals surface area contributed by atoms with Gasteiger partial charge in [-0.3, -0.25) is 9.89 Å². The fraction of sp³-hybridized carbons (Fsp3) is 0.520. The summed E-state index contributed by atoms with van der Waals surface area (Å²) in [7, 11) is 1.72. The Kier molecular flexibility index (Phi) is 10.1. The van der Waals surface area contributed by atoms with E-state index in [1.54, 1.807) is 7.11 Å². The molecule has 1 atom stereocenters. The van der Waals surface area contributed by atoms with Crippen LogP contribution in [0.4, 0.5) is 5.82 Å².